The first-order chi connectivity index (χ1) is 38.9. The fourth-order valence-corrected chi connectivity index (χ4v) is 8.64. The molecule has 2 fully saturated rings. The summed E-state index contributed by atoms with van der Waals surface area (Å²) in [5, 5.41) is 30.9. The Hall–Kier alpha value is -4.85. The molecular formula is C50H67ClF3N8O17P. The minimum Gasteiger partial charge on any atom is -0.491 e. The Morgan fingerprint density at radius 2 is 1.35 bits per heavy atom. The number of anilines is 1. The summed E-state index contributed by atoms with van der Waals surface area (Å²) in [7, 11) is -2.75. The molecule has 25 nitrogen and oxygen atoms in total. The van der Waals surface area contributed by atoms with E-state index in [9.17, 15) is 38.0 Å². The quantitative estimate of drug-likeness (QED) is 0.0144. The predicted octanol–water partition coefficient (Wildman–Crippen LogP) is 3.47. The molecular weight excluding hydrogens is 1110 g/mol. The summed E-state index contributed by atoms with van der Waals surface area (Å²) in [5.74, 6) is -3.93. The molecule has 5 heterocycles. The van der Waals surface area contributed by atoms with Crippen LogP contribution in [0.15, 0.2) is 48.8 Å². The third kappa shape index (κ3) is 19.4. The van der Waals surface area contributed by atoms with Crippen molar-refractivity contribution in [2.24, 2.45) is 0 Å². The molecule has 0 bridgehead atoms. The van der Waals surface area contributed by atoms with Crippen LogP contribution in [0.25, 0.3) is 11.0 Å². The molecule has 2 aliphatic heterocycles. The number of hydrogen-bond acceptors (Lipinski definition) is 23. The van der Waals surface area contributed by atoms with E-state index in [-0.39, 0.29) is 44.0 Å². The van der Waals surface area contributed by atoms with E-state index in [4.69, 9.17) is 63.7 Å². The zero-order valence-electron chi connectivity index (χ0n) is 43.9. The van der Waals surface area contributed by atoms with E-state index in [1.165, 1.54) is 5.56 Å². The van der Waals surface area contributed by atoms with E-state index < -0.39 is 68.4 Å². The summed E-state index contributed by atoms with van der Waals surface area (Å²) >= 11 is 6.41. The lowest BCUT2D eigenvalue weighted by Gasteiger charge is -2.40. The van der Waals surface area contributed by atoms with Gasteiger partial charge in [0.1, 0.15) is 29.7 Å². The van der Waals surface area contributed by atoms with Gasteiger partial charge in [0.2, 0.25) is 19.4 Å². The zero-order valence-corrected chi connectivity index (χ0v) is 45.5. The van der Waals surface area contributed by atoms with Gasteiger partial charge in [-0.25, -0.2) is 22.5 Å². The van der Waals surface area contributed by atoms with Gasteiger partial charge in [0.05, 0.1) is 162 Å². The van der Waals surface area contributed by atoms with Crippen molar-refractivity contribution >= 4 is 42.8 Å². The number of aliphatic hydroxyl groups is 2. The van der Waals surface area contributed by atoms with Crippen LogP contribution in [-0.4, -0.2) is 211 Å². The Bertz CT molecular complexity index is 2600. The third-order valence-electron chi connectivity index (χ3n) is 12.4. The molecule has 80 heavy (non-hydrogen) atoms. The Labute approximate surface area is 464 Å². The molecule has 0 amide bonds. The molecule has 2 saturated heterocycles. The van der Waals surface area contributed by atoms with Gasteiger partial charge in [0.15, 0.2) is 28.9 Å². The molecule has 0 aliphatic carbocycles. The maximum absolute atomic E-state index is 13.6. The van der Waals surface area contributed by atoms with Crippen LogP contribution < -0.4 is 14.4 Å². The molecule has 0 radical (unpaired) electrons. The lowest BCUT2D eigenvalue weighted by molar-refractivity contribution is -0.136. The highest BCUT2D eigenvalue weighted by Crippen LogP contribution is 2.43. The van der Waals surface area contributed by atoms with Crippen molar-refractivity contribution in [1.29, 1.82) is 0 Å². The van der Waals surface area contributed by atoms with Gasteiger partial charge in [-0.1, -0.05) is 17.3 Å². The smallest absolute Gasteiger partial charge is 0.313 e. The monoisotopic (exact) mass is 1170 g/mol. The summed E-state index contributed by atoms with van der Waals surface area (Å²) in [4.78, 5) is 42.2. The number of ether oxygens (including phenoxy) is 12. The van der Waals surface area contributed by atoms with E-state index in [0.717, 1.165) is 11.1 Å². The second-order valence-electron chi connectivity index (χ2n) is 18.0. The van der Waals surface area contributed by atoms with Crippen molar-refractivity contribution < 1.29 is 94.8 Å². The van der Waals surface area contributed by atoms with Gasteiger partial charge in [-0.15, -0.1) is 5.10 Å². The number of rotatable bonds is 40. The molecule has 5 aromatic rings. The highest BCUT2D eigenvalue weighted by atomic mass is 35.5. The Kier molecular flexibility index (Phi) is 26.1. The number of aliphatic hydroxyl groups excluding tert-OH is 2. The third-order valence-corrected chi connectivity index (χ3v) is 13.7. The maximum Gasteiger partial charge on any atom is 0.313 e. The summed E-state index contributed by atoms with van der Waals surface area (Å²) in [5.41, 5.74) is 2.37. The second-order valence-corrected chi connectivity index (χ2v) is 19.8. The van der Waals surface area contributed by atoms with Crippen molar-refractivity contribution in [3.63, 3.8) is 0 Å². The second kappa shape index (κ2) is 33.3. The van der Waals surface area contributed by atoms with E-state index >= 15 is 0 Å². The highest BCUT2D eigenvalue weighted by Gasteiger charge is 2.41. The van der Waals surface area contributed by atoms with Crippen molar-refractivity contribution in [3.8, 4) is 11.5 Å². The van der Waals surface area contributed by atoms with E-state index in [2.05, 4.69) is 47.1 Å². The van der Waals surface area contributed by atoms with Crippen molar-refractivity contribution in [1.82, 2.24) is 34.7 Å². The van der Waals surface area contributed by atoms with Crippen LogP contribution in [0.2, 0.25) is 5.28 Å². The average molecular weight is 1180 g/mol. The lowest BCUT2D eigenvalue weighted by Crippen LogP contribution is -2.45. The van der Waals surface area contributed by atoms with Crippen LogP contribution in [0.1, 0.15) is 42.7 Å². The number of esters is 1. The Morgan fingerprint density at radius 1 is 0.762 bits per heavy atom. The van der Waals surface area contributed by atoms with Crippen LogP contribution in [0.4, 0.5) is 19.0 Å². The summed E-state index contributed by atoms with van der Waals surface area (Å²) < 4.78 is 110. The number of halogens is 4. The molecule has 0 saturated carbocycles. The standard InChI is InChI=1S/C50H67ClF3N8O17P/c51-49-56-47(41-27-55-62(48(41)57-49)44-6-5-40(78-44)32-77-50(33-63,34-64)80(66)67)60-28-36(29-60)35-1-3-39(4-2-35)76-24-23-74-20-19-72-17-18-73-21-22-75-31-38-30-61(59-58-38)8-10-69-12-14-71-16-15-70-13-11-68-9-7-45(65)79-46-42(53)25-37(52)26-43(46)54/h1-4,25-27,30,36,40,44,63-64,66-67H,5-24,28-29,31-34H2. The highest BCUT2D eigenvalue weighted by molar-refractivity contribution is 7.46. The number of carbonyl (C=O) groups excluding carboxylic acids is 1. The van der Waals surface area contributed by atoms with Gasteiger partial charge in [-0.2, -0.15) is 15.1 Å². The molecule has 2 aliphatic rings. The van der Waals surface area contributed by atoms with E-state index in [1.807, 2.05) is 12.1 Å². The summed E-state index contributed by atoms with van der Waals surface area (Å²) in [6.45, 7) is 6.09. The first-order valence-corrected chi connectivity index (χ1v) is 27.5. The van der Waals surface area contributed by atoms with Gasteiger partial charge >= 0.3 is 5.97 Å². The normalized spacial score (nSPS) is 15.9. The maximum atomic E-state index is 13.6. The van der Waals surface area contributed by atoms with E-state index in [0.29, 0.717) is 154 Å². The van der Waals surface area contributed by atoms with Crippen molar-refractivity contribution in [2.75, 3.05) is 144 Å². The predicted molar refractivity (Wildman–Crippen MR) is 277 cm³/mol. The topological polar surface area (TPSA) is 286 Å². The summed E-state index contributed by atoms with van der Waals surface area (Å²) in [6, 6.07) is 8.85. The molecule has 2 atom stereocenters. The number of aromatic nitrogens is 7. The first kappa shape index (κ1) is 62.7. The van der Waals surface area contributed by atoms with Gasteiger partial charge in [-0.3, -0.25) is 4.79 Å². The fraction of sp³-hybridized carbons (Fsp3) is 0.600. The fourth-order valence-electron chi connectivity index (χ4n) is 8.03. The first-order valence-electron chi connectivity index (χ1n) is 25.9. The molecule has 442 valence electrons. The van der Waals surface area contributed by atoms with Crippen LogP contribution in [0.3, 0.4) is 0 Å². The van der Waals surface area contributed by atoms with Gasteiger partial charge < -0.3 is 81.7 Å². The number of fused-ring (bicyclic) bond motifs is 1. The van der Waals surface area contributed by atoms with Crippen LogP contribution in [0, 0.1) is 17.5 Å². The Morgan fingerprint density at radius 3 is 1.96 bits per heavy atom. The van der Waals surface area contributed by atoms with Crippen molar-refractivity contribution in [2.45, 2.75) is 56.0 Å². The average Bonchev–Trinajstić information content (AvgIpc) is 4.21. The molecule has 30 heteroatoms. The van der Waals surface area contributed by atoms with Crippen LogP contribution >= 0.6 is 20.0 Å². The minimum absolute atomic E-state index is 0.0535. The zero-order chi connectivity index (χ0) is 56.5. The SMILES string of the molecule is O=C(CCOCCOCCOCCOCCn1cc(COCCOCCOCCOCCOc2ccc(C3CN(c4nc(Cl)nc5c4cnn5C4CCC(COC(CO)(CO)P(O)O)O4)C3)cc2)nn1)Oc1c(F)cc(F)cc1F. The lowest BCUT2D eigenvalue weighted by atomic mass is 9.91. The minimum atomic E-state index is -2.75. The number of carbonyl (C=O) groups is 1. The number of benzene rings is 2. The molecule has 2 unspecified atom stereocenters. The number of nitrogens with zero attached hydrogens (tertiary/aromatic N) is 8. The Balaban J connectivity index is 0.625. The van der Waals surface area contributed by atoms with E-state index in [1.54, 1.807) is 21.8 Å². The molecule has 7 rings (SSSR count). The van der Waals surface area contributed by atoms with Gasteiger partial charge in [-0.05, 0) is 42.1 Å². The molecule has 4 N–H and O–H groups in total. The molecule has 2 aromatic carbocycles. The summed E-state index contributed by atoms with van der Waals surface area (Å²) in [6.07, 6.45) is 3.44. The number of hydrogen-bond donors (Lipinski definition) is 4. The molecule has 3 aromatic heterocycles. The molecule has 0 spiro atoms. The van der Waals surface area contributed by atoms with Crippen molar-refractivity contribution in [3.05, 3.63) is 82.8 Å². The van der Waals surface area contributed by atoms with Crippen LogP contribution in [-0.2, 0) is 65.3 Å². The van der Waals surface area contributed by atoms with Gasteiger partial charge in [0.25, 0.3) is 0 Å². The van der Waals surface area contributed by atoms with Crippen LogP contribution in [0.5, 0.6) is 11.5 Å². The largest absolute Gasteiger partial charge is 0.491 e. The van der Waals surface area contributed by atoms with Gasteiger partial charge in [0, 0.05) is 31.1 Å².